The standard InChI is InChI=1S/C9H13N7/c1-10-8-6-11-7-9(14-8)12-2-4-16-5-3-13-15-16/h3,5-7H,2,4H2,1H3,(H2,10,12,14). The maximum absolute atomic E-state index is 4.28. The van der Waals surface area contributed by atoms with Gasteiger partial charge < -0.3 is 10.6 Å². The average molecular weight is 219 g/mol. The van der Waals surface area contributed by atoms with Crippen molar-refractivity contribution < 1.29 is 0 Å². The molecular weight excluding hydrogens is 206 g/mol. The molecule has 0 saturated carbocycles. The third kappa shape index (κ3) is 2.66. The Bertz CT molecular complexity index is 425. The van der Waals surface area contributed by atoms with Crippen LogP contribution in [0.2, 0.25) is 0 Å². The molecule has 2 N–H and O–H groups in total. The number of rotatable bonds is 5. The fraction of sp³-hybridized carbons (Fsp3) is 0.333. The minimum absolute atomic E-state index is 0.727. The zero-order valence-corrected chi connectivity index (χ0v) is 8.96. The summed E-state index contributed by atoms with van der Waals surface area (Å²) in [5.74, 6) is 1.48. The Morgan fingerprint density at radius 1 is 1.31 bits per heavy atom. The van der Waals surface area contributed by atoms with Crippen LogP contribution in [-0.2, 0) is 6.54 Å². The summed E-state index contributed by atoms with van der Waals surface area (Å²) in [4.78, 5) is 8.33. The molecule has 0 aliphatic carbocycles. The molecule has 0 amide bonds. The van der Waals surface area contributed by atoms with Crippen LogP contribution in [0.5, 0.6) is 0 Å². The molecule has 2 heterocycles. The Kier molecular flexibility index (Phi) is 3.27. The molecule has 0 aromatic carbocycles. The Balaban J connectivity index is 1.85. The van der Waals surface area contributed by atoms with Crippen LogP contribution in [0.3, 0.4) is 0 Å². The van der Waals surface area contributed by atoms with Crippen molar-refractivity contribution in [1.82, 2.24) is 25.0 Å². The van der Waals surface area contributed by atoms with E-state index in [1.54, 1.807) is 23.3 Å². The zero-order chi connectivity index (χ0) is 11.2. The highest BCUT2D eigenvalue weighted by Gasteiger charge is 1.96. The second-order valence-corrected chi connectivity index (χ2v) is 3.13. The van der Waals surface area contributed by atoms with Gasteiger partial charge in [0.2, 0.25) is 0 Å². The zero-order valence-electron chi connectivity index (χ0n) is 8.96. The molecule has 0 aliphatic heterocycles. The molecule has 0 spiro atoms. The van der Waals surface area contributed by atoms with Gasteiger partial charge in [-0.2, -0.15) is 0 Å². The van der Waals surface area contributed by atoms with Gasteiger partial charge in [0.15, 0.2) is 0 Å². The third-order valence-electron chi connectivity index (χ3n) is 2.01. The molecule has 0 unspecified atom stereocenters. The average Bonchev–Trinajstić information content (AvgIpc) is 2.82. The normalized spacial score (nSPS) is 10.1. The van der Waals surface area contributed by atoms with Crippen LogP contribution in [0.4, 0.5) is 11.6 Å². The Morgan fingerprint density at radius 3 is 2.94 bits per heavy atom. The van der Waals surface area contributed by atoms with Crippen molar-refractivity contribution in [1.29, 1.82) is 0 Å². The van der Waals surface area contributed by atoms with Gasteiger partial charge in [0, 0.05) is 19.8 Å². The molecule has 0 fully saturated rings. The number of hydrogen-bond donors (Lipinski definition) is 2. The Labute approximate surface area is 92.9 Å². The fourth-order valence-corrected chi connectivity index (χ4v) is 1.22. The first-order valence-corrected chi connectivity index (χ1v) is 4.96. The minimum atomic E-state index is 0.727. The van der Waals surface area contributed by atoms with E-state index in [-0.39, 0.29) is 0 Å². The van der Waals surface area contributed by atoms with Crippen LogP contribution < -0.4 is 10.6 Å². The number of nitrogens with one attached hydrogen (secondary N) is 2. The smallest absolute Gasteiger partial charge is 0.147 e. The van der Waals surface area contributed by atoms with E-state index in [2.05, 4.69) is 30.9 Å². The molecule has 2 aromatic heterocycles. The highest BCUT2D eigenvalue weighted by atomic mass is 15.4. The molecule has 0 atom stereocenters. The van der Waals surface area contributed by atoms with E-state index in [4.69, 9.17) is 0 Å². The maximum Gasteiger partial charge on any atom is 0.147 e. The lowest BCUT2D eigenvalue weighted by Gasteiger charge is -2.06. The molecule has 2 rings (SSSR count). The number of nitrogens with zero attached hydrogens (tertiary/aromatic N) is 5. The molecule has 0 bridgehead atoms. The number of aromatic nitrogens is 5. The molecule has 84 valence electrons. The lowest BCUT2D eigenvalue weighted by molar-refractivity contribution is 0.608. The minimum Gasteiger partial charge on any atom is -0.372 e. The summed E-state index contributed by atoms with van der Waals surface area (Å²) in [5, 5.41) is 13.7. The topological polar surface area (TPSA) is 80.5 Å². The molecular formula is C9H13N7. The molecule has 16 heavy (non-hydrogen) atoms. The number of hydrogen-bond acceptors (Lipinski definition) is 6. The lowest BCUT2D eigenvalue weighted by atomic mass is 10.5. The first-order valence-electron chi connectivity index (χ1n) is 4.96. The van der Waals surface area contributed by atoms with Crippen LogP contribution in [0.15, 0.2) is 24.8 Å². The molecule has 0 saturated heterocycles. The van der Waals surface area contributed by atoms with Gasteiger partial charge in [-0.05, 0) is 0 Å². The van der Waals surface area contributed by atoms with E-state index >= 15 is 0 Å². The van der Waals surface area contributed by atoms with E-state index in [1.807, 2.05) is 13.2 Å². The predicted molar refractivity (Wildman–Crippen MR) is 60.1 cm³/mol. The number of anilines is 2. The maximum atomic E-state index is 4.28. The van der Waals surface area contributed by atoms with Crippen molar-refractivity contribution >= 4 is 11.6 Å². The van der Waals surface area contributed by atoms with Crippen molar-refractivity contribution in [2.45, 2.75) is 6.54 Å². The van der Waals surface area contributed by atoms with Gasteiger partial charge in [-0.3, -0.25) is 9.67 Å². The SMILES string of the molecule is CNc1cncc(NCCn2ccnn2)n1. The quantitative estimate of drug-likeness (QED) is 0.749. The van der Waals surface area contributed by atoms with Gasteiger partial charge in [-0.1, -0.05) is 5.21 Å². The second kappa shape index (κ2) is 5.06. The van der Waals surface area contributed by atoms with E-state index in [0.717, 1.165) is 24.7 Å². The first-order chi connectivity index (χ1) is 7.88. The summed E-state index contributed by atoms with van der Waals surface area (Å²) in [6.45, 7) is 1.47. The van der Waals surface area contributed by atoms with Crippen molar-refractivity contribution in [2.75, 3.05) is 24.2 Å². The van der Waals surface area contributed by atoms with Crippen LogP contribution >= 0.6 is 0 Å². The molecule has 7 nitrogen and oxygen atoms in total. The molecule has 0 aliphatic rings. The van der Waals surface area contributed by atoms with E-state index in [1.165, 1.54) is 0 Å². The monoisotopic (exact) mass is 219 g/mol. The Morgan fingerprint density at radius 2 is 2.19 bits per heavy atom. The Hall–Kier alpha value is -2.18. The van der Waals surface area contributed by atoms with Crippen LogP contribution in [-0.4, -0.2) is 38.6 Å². The summed E-state index contributed by atoms with van der Waals surface area (Å²) in [6.07, 6.45) is 6.82. The largest absolute Gasteiger partial charge is 0.372 e. The van der Waals surface area contributed by atoms with E-state index in [9.17, 15) is 0 Å². The van der Waals surface area contributed by atoms with Gasteiger partial charge >= 0.3 is 0 Å². The van der Waals surface area contributed by atoms with Gasteiger partial charge in [0.25, 0.3) is 0 Å². The fourth-order valence-electron chi connectivity index (χ4n) is 1.22. The van der Waals surface area contributed by atoms with Crippen molar-refractivity contribution in [3.05, 3.63) is 24.8 Å². The highest BCUT2D eigenvalue weighted by Crippen LogP contribution is 2.04. The van der Waals surface area contributed by atoms with E-state index < -0.39 is 0 Å². The van der Waals surface area contributed by atoms with Gasteiger partial charge in [-0.25, -0.2) is 4.98 Å². The summed E-state index contributed by atoms with van der Waals surface area (Å²) in [6, 6.07) is 0. The van der Waals surface area contributed by atoms with Crippen molar-refractivity contribution in [2.24, 2.45) is 0 Å². The third-order valence-corrected chi connectivity index (χ3v) is 2.01. The van der Waals surface area contributed by atoms with Crippen LogP contribution in [0.25, 0.3) is 0 Å². The van der Waals surface area contributed by atoms with Crippen molar-refractivity contribution in [3.63, 3.8) is 0 Å². The highest BCUT2D eigenvalue weighted by molar-refractivity contribution is 5.40. The predicted octanol–water partition coefficient (Wildman–Crippen LogP) is 0.222. The molecule has 0 radical (unpaired) electrons. The lowest BCUT2D eigenvalue weighted by Crippen LogP contribution is -2.12. The van der Waals surface area contributed by atoms with Crippen molar-refractivity contribution in [3.8, 4) is 0 Å². The van der Waals surface area contributed by atoms with E-state index in [0.29, 0.717) is 0 Å². The summed E-state index contributed by atoms with van der Waals surface area (Å²) in [7, 11) is 1.81. The summed E-state index contributed by atoms with van der Waals surface area (Å²) in [5.41, 5.74) is 0. The van der Waals surface area contributed by atoms with Gasteiger partial charge in [0.05, 0.1) is 25.1 Å². The molecule has 2 aromatic rings. The van der Waals surface area contributed by atoms with Gasteiger partial charge in [-0.15, -0.1) is 5.10 Å². The van der Waals surface area contributed by atoms with Crippen LogP contribution in [0, 0.1) is 0 Å². The first kappa shape index (κ1) is 10.3. The van der Waals surface area contributed by atoms with Crippen LogP contribution in [0.1, 0.15) is 0 Å². The van der Waals surface area contributed by atoms with Gasteiger partial charge in [0.1, 0.15) is 11.6 Å². The summed E-state index contributed by atoms with van der Waals surface area (Å²) < 4.78 is 1.75. The molecule has 7 heteroatoms. The second-order valence-electron chi connectivity index (χ2n) is 3.13. The summed E-state index contributed by atoms with van der Waals surface area (Å²) >= 11 is 0.